The molecule has 0 spiro atoms. The number of carbonyl (C=O) groups excluding carboxylic acids is 1. The molecule has 1 saturated heterocycles. The van der Waals surface area contributed by atoms with E-state index in [-0.39, 0.29) is 18.1 Å². The molecule has 6 nitrogen and oxygen atoms in total. The number of amides is 1. The Hall–Kier alpha value is -2.18. The molecular formula is C17H22N4O2. The minimum Gasteiger partial charge on any atom is -0.380 e. The van der Waals surface area contributed by atoms with Crippen molar-refractivity contribution in [1.82, 2.24) is 14.7 Å². The molecule has 6 heteroatoms. The lowest BCUT2D eigenvalue weighted by Gasteiger charge is -2.17. The SMILES string of the molecule is CO[C@H]1C[C@@H](C(=O)Nc2cn(-c3ccccc3)nc2C)N(C)C1. The van der Waals surface area contributed by atoms with Crippen molar-refractivity contribution in [3.8, 4) is 5.69 Å². The molecule has 3 rings (SSSR count). The van der Waals surface area contributed by atoms with Gasteiger partial charge in [0, 0.05) is 13.7 Å². The first-order valence-corrected chi connectivity index (χ1v) is 7.74. The maximum atomic E-state index is 12.5. The first-order chi connectivity index (χ1) is 11.1. The lowest BCUT2D eigenvalue weighted by atomic mass is 10.2. The molecule has 1 aliphatic rings. The van der Waals surface area contributed by atoms with Gasteiger partial charge in [-0.3, -0.25) is 9.69 Å². The average molecular weight is 314 g/mol. The van der Waals surface area contributed by atoms with Crippen LogP contribution < -0.4 is 5.32 Å². The van der Waals surface area contributed by atoms with E-state index in [0.29, 0.717) is 6.42 Å². The van der Waals surface area contributed by atoms with Crippen LogP contribution in [0, 0.1) is 6.92 Å². The van der Waals surface area contributed by atoms with Crippen molar-refractivity contribution in [2.75, 3.05) is 26.0 Å². The van der Waals surface area contributed by atoms with Crippen molar-refractivity contribution < 1.29 is 9.53 Å². The molecule has 1 amide bonds. The number of para-hydroxylation sites is 1. The van der Waals surface area contributed by atoms with Crippen LogP contribution in [-0.4, -0.2) is 53.4 Å². The third kappa shape index (κ3) is 3.28. The molecule has 122 valence electrons. The van der Waals surface area contributed by atoms with E-state index in [0.717, 1.165) is 23.6 Å². The van der Waals surface area contributed by atoms with Crippen LogP contribution in [0.4, 0.5) is 5.69 Å². The van der Waals surface area contributed by atoms with Crippen LogP contribution in [0.25, 0.3) is 5.69 Å². The van der Waals surface area contributed by atoms with Gasteiger partial charge in [0.15, 0.2) is 0 Å². The molecule has 1 N–H and O–H groups in total. The molecule has 2 aromatic rings. The molecule has 23 heavy (non-hydrogen) atoms. The maximum absolute atomic E-state index is 12.5. The van der Waals surface area contributed by atoms with Gasteiger partial charge in [0.2, 0.25) is 5.91 Å². The first kappa shape index (κ1) is 15.7. The minimum atomic E-state index is -0.167. The molecule has 0 saturated carbocycles. The Morgan fingerprint density at radius 2 is 2.09 bits per heavy atom. The van der Waals surface area contributed by atoms with E-state index < -0.39 is 0 Å². The predicted octanol–water partition coefficient (Wildman–Crippen LogP) is 1.84. The highest BCUT2D eigenvalue weighted by Gasteiger charge is 2.34. The number of rotatable bonds is 4. The molecule has 0 bridgehead atoms. The van der Waals surface area contributed by atoms with Crippen LogP contribution >= 0.6 is 0 Å². The van der Waals surface area contributed by atoms with Gasteiger partial charge in [-0.1, -0.05) is 18.2 Å². The summed E-state index contributed by atoms with van der Waals surface area (Å²) >= 11 is 0. The van der Waals surface area contributed by atoms with E-state index in [2.05, 4.69) is 10.4 Å². The van der Waals surface area contributed by atoms with Gasteiger partial charge >= 0.3 is 0 Å². The Morgan fingerprint density at radius 3 is 2.74 bits per heavy atom. The van der Waals surface area contributed by atoms with Crippen LogP contribution in [0.3, 0.4) is 0 Å². The van der Waals surface area contributed by atoms with Gasteiger partial charge in [0.25, 0.3) is 0 Å². The van der Waals surface area contributed by atoms with Gasteiger partial charge in [-0.2, -0.15) is 5.10 Å². The highest BCUT2D eigenvalue weighted by atomic mass is 16.5. The number of nitrogens with one attached hydrogen (secondary N) is 1. The van der Waals surface area contributed by atoms with E-state index in [1.807, 2.05) is 55.4 Å². The highest BCUT2D eigenvalue weighted by molar-refractivity contribution is 5.95. The number of methoxy groups -OCH3 is 1. The van der Waals surface area contributed by atoms with E-state index in [4.69, 9.17) is 4.74 Å². The average Bonchev–Trinajstić information content (AvgIpc) is 3.11. The molecular weight excluding hydrogens is 292 g/mol. The fourth-order valence-electron chi connectivity index (χ4n) is 2.94. The van der Waals surface area contributed by atoms with Gasteiger partial charge < -0.3 is 10.1 Å². The summed E-state index contributed by atoms with van der Waals surface area (Å²) in [6, 6.07) is 9.67. The standard InChI is InChI=1S/C17H22N4O2/c1-12-15(11-21(19-12)13-7-5-4-6-8-13)18-17(22)16-9-14(23-3)10-20(16)2/h4-8,11,14,16H,9-10H2,1-3H3,(H,18,22)/t14-,16-/m0/s1. The van der Waals surface area contributed by atoms with Crippen molar-refractivity contribution in [1.29, 1.82) is 0 Å². The Morgan fingerprint density at radius 1 is 1.35 bits per heavy atom. The van der Waals surface area contributed by atoms with Gasteiger partial charge in [0.05, 0.1) is 35.4 Å². The number of likely N-dealkylation sites (tertiary alicyclic amines) is 1. The largest absolute Gasteiger partial charge is 0.380 e. The summed E-state index contributed by atoms with van der Waals surface area (Å²) in [6.45, 7) is 2.67. The summed E-state index contributed by atoms with van der Waals surface area (Å²) in [5, 5.41) is 7.47. The Balaban J connectivity index is 1.73. The lowest BCUT2D eigenvalue weighted by molar-refractivity contribution is -0.120. The third-order valence-electron chi connectivity index (χ3n) is 4.32. The summed E-state index contributed by atoms with van der Waals surface area (Å²) < 4.78 is 7.14. The second-order valence-corrected chi connectivity index (χ2v) is 5.95. The third-order valence-corrected chi connectivity index (χ3v) is 4.32. The zero-order chi connectivity index (χ0) is 16.4. The number of aryl methyl sites for hydroxylation is 1. The molecule has 1 aromatic heterocycles. The van der Waals surface area contributed by atoms with Crippen molar-refractivity contribution >= 4 is 11.6 Å². The van der Waals surface area contributed by atoms with Gasteiger partial charge in [-0.15, -0.1) is 0 Å². The number of ether oxygens (including phenoxy) is 1. The van der Waals surface area contributed by atoms with Crippen LogP contribution in [0.1, 0.15) is 12.1 Å². The summed E-state index contributed by atoms with van der Waals surface area (Å²) in [7, 11) is 3.64. The van der Waals surface area contributed by atoms with Gasteiger partial charge in [-0.25, -0.2) is 4.68 Å². The van der Waals surface area contributed by atoms with Crippen molar-refractivity contribution in [3.63, 3.8) is 0 Å². The summed E-state index contributed by atoms with van der Waals surface area (Å²) in [4.78, 5) is 14.6. The van der Waals surface area contributed by atoms with Gasteiger partial charge in [0.1, 0.15) is 0 Å². The Kier molecular flexibility index (Phi) is 4.45. The summed E-state index contributed by atoms with van der Waals surface area (Å²) in [6.07, 6.45) is 2.68. The fraction of sp³-hybridized carbons (Fsp3) is 0.412. The summed E-state index contributed by atoms with van der Waals surface area (Å²) in [5.41, 5.74) is 2.51. The molecule has 0 unspecified atom stereocenters. The number of aromatic nitrogens is 2. The topological polar surface area (TPSA) is 59.4 Å². The number of carbonyl (C=O) groups is 1. The van der Waals surface area contributed by atoms with Crippen molar-refractivity contribution in [3.05, 3.63) is 42.2 Å². The number of hydrogen-bond donors (Lipinski definition) is 1. The zero-order valence-corrected chi connectivity index (χ0v) is 13.7. The fourth-order valence-corrected chi connectivity index (χ4v) is 2.94. The van der Waals surface area contributed by atoms with E-state index in [1.165, 1.54) is 0 Å². The molecule has 1 fully saturated rings. The monoisotopic (exact) mass is 314 g/mol. The second kappa shape index (κ2) is 6.52. The zero-order valence-electron chi connectivity index (χ0n) is 13.7. The Labute approximate surface area is 136 Å². The number of likely N-dealkylation sites (N-methyl/N-ethyl adjacent to an activating group) is 1. The molecule has 2 atom stereocenters. The Bertz CT molecular complexity index is 683. The maximum Gasteiger partial charge on any atom is 0.241 e. The van der Waals surface area contributed by atoms with E-state index >= 15 is 0 Å². The smallest absolute Gasteiger partial charge is 0.241 e. The number of benzene rings is 1. The van der Waals surface area contributed by atoms with Crippen molar-refractivity contribution in [2.45, 2.75) is 25.5 Å². The summed E-state index contributed by atoms with van der Waals surface area (Å²) in [5.74, 6) is -0.0113. The quantitative estimate of drug-likeness (QED) is 0.935. The molecule has 1 aliphatic heterocycles. The van der Waals surface area contributed by atoms with E-state index in [1.54, 1.807) is 11.8 Å². The van der Waals surface area contributed by atoms with Crippen LogP contribution in [0.15, 0.2) is 36.5 Å². The second-order valence-electron chi connectivity index (χ2n) is 5.95. The lowest BCUT2D eigenvalue weighted by Crippen LogP contribution is -2.37. The number of anilines is 1. The molecule has 0 aliphatic carbocycles. The number of hydrogen-bond acceptors (Lipinski definition) is 4. The first-order valence-electron chi connectivity index (χ1n) is 7.74. The minimum absolute atomic E-state index is 0.0113. The highest BCUT2D eigenvalue weighted by Crippen LogP contribution is 2.21. The molecule has 0 radical (unpaired) electrons. The molecule has 1 aromatic carbocycles. The number of nitrogens with zero attached hydrogens (tertiary/aromatic N) is 3. The normalized spacial score (nSPS) is 21.5. The molecule has 2 heterocycles. The van der Waals surface area contributed by atoms with Crippen LogP contribution in [0.5, 0.6) is 0 Å². The van der Waals surface area contributed by atoms with Crippen molar-refractivity contribution in [2.24, 2.45) is 0 Å². The van der Waals surface area contributed by atoms with E-state index in [9.17, 15) is 4.79 Å². The van der Waals surface area contributed by atoms with Crippen LogP contribution in [-0.2, 0) is 9.53 Å². The van der Waals surface area contributed by atoms with Crippen LogP contribution in [0.2, 0.25) is 0 Å². The van der Waals surface area contributed by atoms with Gasteiger partial charge in [-0.05, 0) is 32.5 Å². The predicted molar refractivity (Wildman–Crippen MR) is 88.8 cm³/mol.